The molecule has 7 nitrogen and oxygen atoms in total. The minimum Gasteiger partial charge on any atom is -0.481 e. The minimum atomic E-state index is -0.992. The van der Waals surface area contributed by atoms with E-state index in [1.54, 1.807) is 45.0 Å². The van der Waals surface area contributed by atoms with Crippen LogP contribution in [0, 0.1) is 0 Å². The van der Waals surface area contributed by atoms with Crippen LogP contribution < -0.4 is 15.5 Å². The number of benzene rings is 1. The molecule has 0 bridgehead atoms. The van der Waals surface area contributed by atoms with E-state index in [9.17, 15) is 14.4 Å². The Morgan fingerprint density at radius 3 is 2.55 bits per heavy atom. The van der Waals surface area contributed by atoms with Gasteiger partial charge in [0.25, 0.3) is 11.8 Å². The lowest BCUT2D eigenvalue weighted by molar-refractivity contribution is -0.141. The number of hydrogen-bond acceptors (Lipinski definition) is 4. The van der Waals surface area contributed by atoms with Gasteiger partial charge in [0.1, 0.15) is 11.3 Å². The lowest BCUT2D eigenvalue weighted by Crippen LogP contribution is -2.51. The second kappa shape index (κ2) is 6.05. The van der Waals surface area contributed by atoms with Crippen LogP contribution in [0.4, 0.5) is 4.79 Å². The Balaban J connectivity index is 2.00. The largest absolute Gasteiger partial charge is 0.481 e. The summed E-state index contributed by atoms with van der Waals surface area (Å²) in [4.78, 5) is 36.1. The first-order chi connectivity index (χ1) is 10.4. The highest BCUT2D eigenvalue weighted by atomic mass is 16.5. The Kier molecular flexibility index (Phi) is 4.35. The molecule has 0 aromatic heterocycles. The van der Waals surface area contributed by atoms with E-state index in [-0.39, 0.29) is 0 Å². The van der Waals surface area contributed by atoms with Crippen molar-refractivity contribution in [3.05, 3.63) is 30.3 Å². The number of carbonyl (C=O) groups is 3. The van der Waals surface area contributed by atoms with E-state index in [1.807, 2.05) is 6.07 Å². The summed E-state index contributed by atoms with van der Waals surface area (Å²) in [5.74, 6) is -0.534. The summed E-state index contributed by atoms with van der Waals surface area (Å²) < 4.78 is 5.45. The Morgan fingerprint density at radius 1 is 1.36 bits per heavy atom. The molecule has 1 saturated heterocycles. The van der Waals surface area contributed by atoms with Crippen LogP contribution in [0.2, 0.25) is 0 Å². The zero-order valence-electron chi connectivity index (χ0n) is 12.8. The monoisotopic (exact) mass is 305 g/mol. The molecule has 1 aromatic carbocycles. The van der Waals surface area contributed by atoms with Crippen molar-refractivity contribution in [2.75, 3.05) is 0 Å². The van der Waals surface area contributed by atoms with E-state index < -0.39 is 29.5 Å². The number of amides is 4. The number of nitrogens with one attached hydrogen (secondary N) is 2. The van der Waals surface area contributed by atoms with Crippen LogP contribution in [0.25, 0.3) is 0 Å². The van der Waals surface area contributed by atoms with Crippen molar-refractivity contribution in [2.24, 2.45) is 0 Å². The molecule has 0 unspecified atom stereocenters. The SMILES string of the molecule is CC[C@@]1(C)NC(=O)N(NC(=O)[C@@H](C)Oc2ccccc2)C1=O. The van der Waals surface area contributed by atoms with Gasteiger partial charge in [-0.25, -0.2) is 4.79 Å². The van der Waals surface area contributed by atoms with Crippen LogP contribution in [-0.4, -0.2) is 34.5 Å². The second-order valence-corrected chi connectivity index (χ2v) is 5.31. The standard InChI is InChI=1S/C15H19N3O4/c1-4-15(3)13(20)18(14(21)16-15)17-12(19)10(2)22-11-8-6-5-7-9-11/h5-10H,4H2,1-3H3,(H,16,21)(H,17,19)/t10-,15-/m1/s1. The van der Waals surface area contributed by atoms with Crippen molar-refractivity contribution in [2.45, 2.75) is 38.8 Å². The summed E-state index contributed by atoms with van der Waals surface area (Å²) in [5, 5.41) is 3.26. The van der Waals surface area contributed by atoms with E-state index in [0.717, 1.165) is 0 Å². The highest BCUT2D eigenvalue weighted by molar-refractivity contribution is 6.07. The average Bonchev–Trinajstić information content (AvgIpc) is 2.72. The maximum Gasteiger partial charge on any atom is 0.344 e. The first-order valence-electron chi connectivity index (χ1n) is 7.06. The van der Waals surface area contributed by atoms with Crippen molar-refractivity contribution in [3.63, 3.8) is 0 Å². The molecule has 2 rings (SSSR count). The molecule has 0 saturated carbocycles. The number of hydrazine groups is 1. The molecule has 1 aliphatic heterocycles. The fourth-order valence-electron chi connectivity index (χ4n) is 1.98. The summed E-state index contributed by atoms with van der Waals surface area (Å²) in [5.41, 5.74) is 1.30. The third-order valence-electron chi connectivity index (χ3n) is 3.62. The number of para-hydroxylation sites is 1. The van der Waals surface area contributed by atoms with Gasteiger partial charge in [-0.2, -0.15) is 5.01 Å². The smallest absolute Gasteiger partial charge is 0.344 e. The molecule has 1 aliphatic rings. The van der Waals surface area contributed by atoms with Gasteiger partial charge in [0, 0.05) is 0 Å². The number of rotatable bonds is 5. The molecule has 1 fully saturated rings. The third-order valence-corrected chi connectivity index (χ3v) is 3.62. The minimum absolute atomic E-state index is 0.431. The molecular weight excluding hydrogens is 286 g/mol. The first kappa shape index (κ1) is 15.8. The van der Waals surface area contributed by atoms with Gasteiger partial charge in [0.05, 0.1) is 0 Å². The van der Waals surface area contributed by atoms with Gasteiger partial charge >= 0.3 is 6.03 Å². The predicted octanol–water partition coefficient (Wildman–Crippen LogP) is 1.21. The quantitative estimate of drug-likeness (QED) is 0.800. The lowest BCUT2D eigenvalue weighted by Gasteiger charge is -2.21. The van der Waals surface area contributed by atoms with Gasteiger partial charge < -0.3 is 10.1 Å². The van der Waals surface area contributed by atoms with Crippen molar-refractivity contribution in [3.8, 4) is 5.75 Å². The maximum absolute atomic E-state index is 12.2. The Hall–Kier alpha value is -2.57. The molecule has 0 radical (unpaired) electrons. The summed E-state index contributed by atoms with van der Waals surface area (Å²) in [7, 11) is 0. The van der Waals surface area contributed by atoms with Gasteiger partial charge in [0.15, 0.2) is 6.10 Å². The van der Waals surface area contributed by atoms with Crippen LogP contribution in [-0.2, 0) is 9.59 Å². The van der Waals surface area contributed by atoms with Gasteiger partial charge in [-0.1, -0.05) is 25.1 Å². The second-order valence-electron chi connectivity index (χ2n) is 5.31. The van der Waals surface area contributed by atoms with E-state index in [0.29, 0.717) is 17.2 Å². The van der Waals surface area contributed by atoms with Crippen molar-refractivity contribution in [1.29, 1.82) is 0 Å². The lowest BCUT2D eigenvalue weighted by atomic mass is 10.00. The zero-order valence-corrected chi connectivity index (χ0v) is 12.8. The van der Waals surface area contributed by atoms with Crippen LogP contribution in [0.3, 0.4) is 0 Å². The average molecular weight is 305 g/mol. The summed E-state index contributed by atoms with van der Waals surface area (Å²) in [6.45, 7) is 4.94. The molecule has 118 valence electrons. The van der Waals surface area contributed by atoms with Gasteiger partial charge in [-0.3, -0.25) is 15.0 Å². The topological polar surface area (TPSA) is 87.7 Å². The Labute approximate surface area is 128 Å². The number of nitrogens with zero attached hydrogens (tertiary/aromatic N) is 1. The molecular formula is C15H19N3O4. The number of carbonyl (C=O) groups excluding carboxylic acids is 3. The predicted molar refractivity (Wildman–Crippen MR) is 78.7 cm³/mol. The number of imide groups is 1. The first-order valence-corrected chi connectivity index (χ1v) is 7.06. The van der Waals surface area contributed by atoms with Crippen LogP contribution in [0.15, 0.2) is 30.3 Å². The van der Waals surface area contributed by atoms with Crippen molar-refractivity contribution >= 4 is 17.8 Å². The van der Waals surface area contributed by atoms with E-state index >= 15 is 0 Å². The van der Waals surface area contributed by atoms with E-state index in [1.165, 1.54) is 0 Å². The highest BCUT2D eigenvalue weighted by Gasteiger charge is 2.47. The highest BCUT2D eigenvalue weighted by Crippen LogP contribution is 2.19. The summed E-state index contributed by atoms with van der Waals surface area (Å²) in [6.07, 6.45) is -0.420. The Bertz CT molecular complexity index is 590. The molecule has 2 N–H and O–H groups in total. The fourth-order valence-corrected chi connectivity index (χ4v) is 1.98. The van der Waals surface area contributed by atoms with Crippen LogP contribution >= 0.6 is 0 Å². The molecule has 22 heavy (non-hydrogen) atoms. The number of urea groups is 1. The fraction of sp³-hybridized carbons (Fsp3) is 0.400. The van der Waals surface area contributed by atoms with E-state index in [2.05, 4.69) is 10.7 Å². The molecule has 4 amide bonds. The molecule has 0 spiro atoms. The summed E-state index contributed by atoms with van der Waals surface area (Å²) in [6, 6.07) is 8.18. The molecule has 7 heteroatoms. The number of ether oxygens (including phenoxy) is 1. The summed E-state index contributed by atoms with van der Waals surface area (Å²) >= 11 is 0. The Morgan fingerprint density at radius 2 is 2.00 bits per heavy atom. The van der Waals surface area contributed by atoms with Gasteiger partial charge in [0.2, 0.25) is 0 Å². The maximum atomic E-state index is 12.2. The van der Waals surface area contributed by atoms with Crippen molar-refractivity contribution < 1.29 is 19.1 Å². The van der Waals surface area contributed by atoms with Crippen LogP contribution in [0.1, 0.15) is 27.2 Å². The molecule has 1 aromatic rings. The zero-order chi connectivity index (χ0) is 16.3. The molecule has 1 heterocycles. The molecule has 2 atom stereocenters. The molecule has 0 aliphatic carbocycles. The number of hydrogen-bond donors (Lipinski definition) is 2. The van der Waals surface area contributed by atoms with Gasteiger partial charge in [-0.15, -0.1) is 0 Å². The van der Waals surface area contributed by atoms with Crippen LogP contribution in [0.5, 0.6) is 5.75 Å². The van der Waals surface area contributed by atoms with Gasteiger partial charge in [-0.05, 0) is 32.4 Å². The normalized spacial score (nSPS) is 22.2. The van der Waals surface area contributed by atoms with Crippen molar-refractivity contribution in [1.82, 2.24) is 15.8 Å². The van der Waals surface area contributed by atoms with E-state index in [4.69, 9.17) is 4.74 Å². The third kappa shape index (κ3) is 3.03.